The third-order valence-electron chi connectivity index (χ3n) is 3.74. The van der Waals surface area contributed by atoms with Crippen molar-refractivity contribution in [1.82, 2.24) is 15.3 Å². The summed E-state index contributed by atoms with van der Waals surface area (Å²) in [7, 11) is 0. The maximum Gasteiger partial charge on any atom is 0.263 e. The molecule has 0 unspecified atom stereocenters. The van der Waals surface area contributed by atoms with E-state index in [0.717, 1.165) is 21.5 Å². The number of nitrogen functional groups attached to an aromatic ring is 1. The number of amides is 1. The second kappa shape index (κ2) is 6.20. The molecule has 5 nitrogen and oxygen atoms in total. The van der Waals surface area contributed by atoms with E-state index in [0.29, 0.717) is 17.1 Å². The predicted molar refractivity (Wildman–Crippen MR) is 98.1 cm³/mol. The van der Waals surface area contributed by atoms with Crippen molar-refractivity contribution in [3.8, 4) is 0 Å². The highest BCUT2D eigenvalue weighted by Crippen LogP contribution is 2.34. The third kappa shape index (κ3) is 3.23. The fourth-order valence-electron chi connectivity index (χ4n) is 2.35. The molecule has 0 aromatic carbocycles. The molecule has 0 spiro atoms. The number of carbonyl (C=O) groups is 1. The zero-order chi connectivity index (χ0) is 17.3. The van der Waals surface area contributed by atoms with Crippen LogP contribution in [0.5, 0.6) is 0 Å². The van der Waals surface area contributed by atoms with Gasteiger partial charge in [0.25, 0.3) is 5.91 Å². The van der Waals surface area contributed by atoms with Gasteiger partial charge in [0, 0.05) is 35.4 Å². The van der Waals surface area contributed by atoms with Gasteiger partial charge < -0.3 is 11.1 Å². The summed E-state index contributed by atoms with van der Waals surface area (Å²) in [5.74, 6) is -0.184. The van der Waals surface area contributed by atoms with Crippen molar-refractivity contribution in [1.29, 1.82) is 0 Å². The van der Waals surface area contributed by atoms with Gasteiger partial charge in [-0.05, 0) is 23.8 Å². The SMILES string of the molecule is CC(C)(C)c1ccc2c(N)c(C(=O)NCc3cccnc3)sc2n1. The first-order chi connectivity index (χ1) is 11.4. The lowest BCUT2D eigenvalue weighted by molar-refractivity contribution is 0.0956. The van der Waals surface area contributed by atoms with Crippen molar-refractivity contribution in [2.24, 2.45) is 0 Å². The van der Waals surface area contributed by atoms with Gasteiger partial charge in [0.05, 0.1) is 5.69 Å². The molecule has 3 aromatic rings. The third-order valence-corrected chi connectivity index (χ3v) is 4.86. The number of nitrogens with zero attached hydrogens (tertiary/aromatic N) is 2. The van der Waals surface area contributed by atoms with Crippen LogP contribution in [0.25, 0.3) is 10.2 Å². The second-order valence-corrected chi connectivity index (χ2v) is 7.69. The smallest absolute Gasteiger partial charge is 0.263 e. The first-order valence-corrected chi connectivity index (χ1v) is 8.54. The van der Waals surface area contributed by atoms with Crippen LogP contribution in [0.3, 0.4) is 0 Å². The van der Waals surface area contributed by atoms with E-state index in [4.69, 9.17) is 5.73 Å². The first kappa shape index (κ1) is 16.4. The summed E-state index contributed by atoms with van der Waals surface area (Å²) in [6.07, 6.45) is 3.43. The molecule has 0 fully saturated rings. The van der Waals surface area contributed by atoms with E-state index in [1.54, 1.807) is 12.4 Å². The van der Waals surface area contributed by atoms with Gasteiger partial charge in [-0.3, -0.25) is 9.78 Å². The topological polar surface area (TPSA) is 80.9 Å². The molecular formula is C18H20N4OS. The van der Waals surface area contributed by atoms with Crippen LogP contribution < -0.4 is 11.1 Å². The largest absolute Gasteiger partial charge is 0.397 e. The van der Waals surface area contributed by atoms with Crippen molar-refractivity contribution in [2.45, 2.75) is 32.7 Å². The van der Waals surface area contributed by atoms with E-state index in [-0.39, 0.29) is 11.3 Å². The number of carbonyl (C=O) groups excluding carboxylic acids is 1. The quantitative estimate of drug-likeness (QED) is 0.764. The number of pyridine rings is 2. The molecule has 124 valence electrons. The Labute approximate surface area is 144 Å². The second-order valence-electron chi connectivity index (χ2n) is 6.69. The molecule has 3 rings (SSSR count). The van der Waals surface area contributed by atoms with Gasteiger partial charge in [0.1, 0.15) is 9.71 Å². The molecule has 0 saturated heterocycles. The molecule has 0 radical (unpaired) electrons. The summed E-state index contributed by atoms with van der Waals surface area (Å²) in [5, 5.41) is 3.72. The molecule has 0 aliphatic heterocycles. The Hall–Kier alpha value is -2.47. The van der Waals surface area contributed by atoms with Crippen LogP contribution in [0.15, 0.2) is 36.7 Å². The molecule has 6 heteroatoms. The van der Waals surface area contributed by atoms with Crippen LogP contribution in [-0.4, -0.2) is 15.9 Å². The Morgan fingerprint density at radius 1 is 1.29 bits per heavy atom. The normalized spacial score (nSPS) is 11.6. The lowest BCUT2D eigenvalue weighted by atomic mass is 9.91. The Morgan fingerprint density at radius 3 is 2.75 bits per heavy atom. The van der Waals surface area contributed by atoms with Crippen molar-refractivity contribution >= 4 is 33.1 Å². The highest BCUT2D eigenvalue weighted by Gasteiger charge is 2.20. The summed E-state index contributed by atoms with van der Waals surface area (Å²) < 4.78 is 0. The van der Waals surface area contributed by atoms with Crippen molar-refractivity contribution < 1.29 is 4.79 Å². The van der Waals surface area contributed by atoms with E-state index in [1.165, 1.54) is 11.3 Å². The molecule has 0 bridgehead atoms. The van der Waals surface area contributed by atoms with Crippen LogP contribution in [0.1, 0.15) is 41.7 Å². The van der Waals surface area contributed by atoms with E-state index in [9.17, 15) is 4.79 Å². The number of nitrogens with one attached hydrogen (secondary N) is 1. The highest BCUT2D eigenvalue weighted by atomic mass is 32.1. The number of aromatic nitrogens is 2. The van der Waals surface area contributed by atoms with Crippen LogP contribution >= 0.6 is 11.3 Å². The molecule has 1 amide bonds. The average Bonchev–Trinajstić information content (AvgIpc) is 2.89. The number of fused-ring (bicyclic) bond motifs is 1. The van der Waals surface area contributed by atoms with Crippen molar-refractivity contribution in [3.05, 3.63) is 52.8 Å². The van der Waals surface area contributed by atoms with Crippen LogP contribution in [0.2, 0.25) is 0 Å². The zero-order valence-electron chi connectivity index (χ0n) is 14.0. The average molecular weight is 340 g/mol. The number of hydrogen-bond acceptors (Lipinski definition) is 5. The Bertz CT molecular complexity index is 881. The minimum Gasteiger partial charge on any atom is -0.397 e. The Morgan fingerprint density at radius 2 is 2.08 bits per heavy atom. The van der Waals surface area contributed by atoms with Gasteiger partial charge in [-0.1, -0.05) is 26.8 Å². The molecule has 0 aliphatic carbocycles. The van der Waals surface area contributed by atoms with Gasteiger partial charge in [-0.2, -0.15) is 0 Å². The summed E-state index contributed by atoms with van der Waals surface area (Å²) in [6.45, 7) is 6.75. The van der Waals surface area contributed by atoms with E-state index in [1.807, 2.05) is 24.3 Å². The lowest BCUT2D eigenvalue weighted by Crippen LogP contribution is -2.22. The molecule has 0 aliphatic rings. The molecule has 0 atom stereocenters. The lowest BCUT2D eigenvalue weighted by Gasteiger charge is -2.17. The molecule has 3 aromatic heterocycles. The molecule has 24 heavy (non-hydrogen) atoms. The van der Waals surface area contributed by atoms with Crippen LogP contribution in [-0.2, 0) is 12.0 Å². The van der Waals surface area contributed by atoms with Crippen LogP contribution in [0.4, 0.5) is 5.69 Å². The number of thiophene rings is 1. The predicted octanol–water partition coefficient (Wildman–Crippen LogP) is 3.50. The number of rotatable bonds is 3. The summed E-state index contributed by atoms with van der Waals surface area (Å²) in [6, 6.07) is 7.68. The van der Waals surface area contributed by atoms with Gasteiger partial charge in [0.2, 0.25) is 0 Å². The Balaban J connectivity index is 1.86. The van der Waals surface area contributed by atoms with Gasteiger partial charge in [-0.25, -0.2) is 4.98 Å². The van der Waals surface area contributed by atoms with Crippen molar-refractivity contribution in [2.75, 3.05) is 5.73 Å². The van der Waals surface area contributed by atoms with Gasteiger partial charge in [0.15, 0.2) is 0 Å². The molecular weight excluding hydrogens is 320 g/mol. The summed E-state index contributed by atoms with van der Waals surface area (Å²) in [4.78, 5) is 22.5. The summed E-state index contributed by atoms with van der Waals surface area (Å²) in [5.41, 5.74) is 8.54. The maximum atomic E-state index is 12.5. The number of nitrogens with two attached hydrogens (primary N) is 1. The molecule has 0 saturated carbocycles. The van der Waals surface area contributed by atoms with E-state index in [2.05, 4.69) is 36.1 Å². The van der Waals surface area contributed by atoms with E-state index < -0.39 is 0 Å². The monoisotopic (exact) mass is 340 g/mol. The minimum atomic E-state index is -0.184. The molecule has 3 N–H and O–H groups in total. The summed E-state index contributed by atoms with van der Waals surface area (Å²) >= 11 is 1.33. The van der Waals surface area contributed by atoms with E-state index >= 15 is 0 Å². The van der Waals surface area contributed by atoms with Crippen molar-refractivity contribution in [3.63, 3.8) is 0 Å². The maximum absolute atomic E-state index is 12.5. The fraction of sp³-hybridized carbons (Fsp3) is 0.278. The standard InChI is InChI=1S/C18H20N4OS/c1-18(2,3)13-7-6-12-14(19)15(24-17(12)22-13)16(23)21-10-11-5-4-8-20-9-11/h4-9H,10,19H2,1-3H3,(H,21,23). The Kier molecular flexibility index (Phi) is 4.24. The first-order valence-electron chi connectivity index (χ1n) is 7.73. The highest BCUT2D eigenvalue weighted by molar-refractivity contribution is 7.21. The minimum absolute atomic E-state index is 0.0460. The fourth-order valence-corrected chi connectivity index (χ4v) is 3.36. The van der Waals surface area contributed by atoms with Gasteiger partial charge in [-0.15, -0.1) is 11.3 Å². The van der Waals surface area contributed by atoms with Crippen LogP contribution in [0, 0.1) is 0 Å². The molecule has 3 heterocycles. The zero-order valence-corrected chi connectivity index (χ0v) is 14.8. The van der Waals surface area contributed by atoms with Gasteiger partial charge >= 0.3 is 0 Å². The number of anilines is 1. The number of hydrogen-bond donors (Lipinski definition) is 2.